The molecule has 0 saturated heterocycles. The Morgan fingerprint density at radius 3 is 2.11 bits per heavy atom. The first kappa shape index (κ1) is 27.1. The van der Waals surface area contributed by atoms with Crippen molar-refractivity contribution in [1.29, 1.82) is 0 Å². The number of aryl methyl sites for hydroxylation is 1. The average Bonchev–Trinajstić information content (AvgIpc) is 2.89. The number of nitrogens with zero attached hydrogens (tertiary/aromatic N) is 1. The Morgan fingerprint density at radius 2 is 1.50 bits per heavy atom. The van der Waals surface area contributed by atoms with Crippen LogP contribution in [-0.4, -0.2) is 29.3 Å². The molecule has 5 heteroatoms. The quantitative estimate of drug-likeness (QED) is 0.337. The molecule has 36 heavy (non-hydrogen) atoms. The summed E-state index contributed by atoms with van der Waals surface area (Å²) in [5.74, 6) is -0.146. The van der Waals surface area contributed by atoms with Gasteiger partial charge in [-0.3, -0.25) is 9.59 Å². The van der Waals surface area contributed by atoms with Crippen molar-refractivity contribution in [2.75, 3.05) is 6.54 Å². The van der Waals surface area contributed by atoms with Gasteiger partial charge < -0.3 is 10.2 Å². The summed E-state index contributed by atoms with van der Waals surface area (Å²) in [6.45, 7) is 7.09. The van der Waals surface area contributed by atoms with Crippen molar-refractivity contribution in [1.82, 2.24) is 10.2 Å². The van der Waals surface area contributed by atoms with E-state index in [1.165, 1.54) is 17.7 Å². The van der Waals surface area contributed by atoms with Gasteiger partial charge in [0.25, 0.3) is 0 Å². The first-order chi connectivity index (χ1) is 17.4. The molecule has 0 unspecified atom stereocenters. The van der Waals surface area contributed by atoms with E-state index in [0.29, 0.717) is 25.3 Å². The summed E-state index contributed by atoms with van der Waals surface area (Å²) in [4.78, 5) is 28.6. The molecule has 3 aromatic rings. The molecule has 0 aliphatic heterocycles. The topological polar surface area (TPSA) is 49.4 Å². The second-order valence-electron chi connectivity index (χ2n) is 9.54. The molecule has 1 N–H and O–H groups in total. The summed E-state index contributed by atoms with van der Waals surface area (Å²) in [7, 11) is 0. The van der Waals surface area contributed by atoms with Crippen molar-refractivity contribution in [3.05, 3.63) is 107 Å². The van der Waals surface area contributed by atoms with E-state index in [-0.39, 0.29) is 30.6 Å². The van der Waals surface area contributed by atoms with Gasteiger partial charge in [-0.05, 0) is 53.1 Å². The van der Waals surface area contributed by atoms with Crippen LogP contribution in [0, 0.1) is 5.82 Å². The second-order valence-corrected chi connectivity index (χ2v) is 9.54. The lowest BCUT2D eigenvalue weighted by atomic mass is 9.99. The van der Waals surface area contributed by atoms with Crippen molar-refractivity contribution < 1.29 is 14.0 Å². The van der Waals surface area contributed by atoms with Crippen molar-refractivity contribution >= 4 is 11.8 Å². The molecule has 0 heterocycles. The highest BCUT2D eigenvalue weighted by atomic mass is 19.1. The van der Waals surface area contributed by atoms with E-state index in [1.54, 1.807) is 17.0 Å². The maximum Gasteiger partial charge on any atom is 0.243 e. The fraction of sp³-hybridized carbons (Fsp3) is 0.355. The van der Waals surface area contributed by atoms with Crippen molar-refractivity contribution in [2.45, 2.75) is 65.0 Å². The summed E-state index contributed by atoms with van der Waals surface area (Å²) in [5, 5.41) is 2.98. The van der Waals surface area contributed by atoms with Crippen LogP contribution in [0.25, 0.3) is 0 Å². The van der Waals surface area contributed by atoms with Crippen LogP contribution < -0.4 is 5.32 Å². The van der Waals surface area contributed by atoms with Gasteiger partial charge in [0, 0.05) is 25.9 Å². The van der Waals surface area contributed by atoms with E-state index in [1.807, 2.05) is 37.3 Å². The highest BCUT2D eigenvalue weighted by Crippen LogP contribution is 2.19. The zero-order chi connectivity index (χ0) is 25.9. The maximum absolute atomic E-state index is 13.6. The molecule has 0 aliphatic carbocycles. The van der Waals surface area contributed by atoms with Crippen LogP contribution in [0.4, 0.5) is 4.39 Å². The summed E-state index contributed by atoms with van der Waals surface area (Å²) in [6.07, 6.45) is 2.09. The second kappa shape index (κ2) is 13.6. The number of hydrogen-bond donors (Lipinski definition) is 1. The Bertz CT molecular complexity index is 1100. The molecule has 3 aromatic carbocycles. The fourth-order valence-electron chi connectivity index (χ4n) is 4.17. The van der Waals surface area contributed by atoms with Crippen LogP contribution in [0.2, 0.25) is 0 Å². The Morgan fingerprint density at radius 1 is 0.861 bits per heavy atom. The van der Waals surface area contributed by atoms with Crippen LogP contribution in [0.5, 0.6) is 0 Å². The number of hydrogen-bond acceptors (Lipinski definition) is 2. The van der Waals surface area contributed by atoms with E-state index < -0.39 is 6.04 Å². The van der Waals surface area contributed by atoms with Gasteiger partial charge in [0.05, 0.1) is 0 Å². The predicted octanol–water partition coefficient (Wildman–Crippen LogP) is 6.05. The summed E-state index contributed by atoms with van der Waals surface area (Å²) in [6, 6.07) is 23.5. The van der Waals surface area contributed by atoms with Gasteiger partial charge in [0.15, 0.2) is 0 Å². The molecular formula is C31H37FN2O2. The van der Waals surface area contributed by atoms with Gasteiger partial charge in [-0.25, -0.2) is 4.39 Å². The van der Waals surface area contributed by atoms with Gasteiger partial charge in [-0.2, -0.15) is 0 Å². The number of rotatable bonds is 12. The molecule has 0 fully saturated rings. The number of benzene rings is 3. The zero-order valence-electron chi connectivity index (χ0n) is 21.5. The van der Waals surface area contributed by atoms with E-state index in [2.05, 4.69) is 43.4 Å². The lowest BCUT2D eigenvalue weighted by Crippen LogP contribution is -2.50. The zero-order valence-corrected chi connectivity index (χ0v) is 21.5. The Balaban J connectivity index is 1.85. The Kier molecular flexibility index (Phi) is 10.2. The molecule has 4 nitrogen and oxygen atoms in total. The van der Waals surface area contributed by atoms with E-state index in [4.69, 9.17) is 0 Å². The molecule has 0 bridgehead atoms. The molecule has 0 aliphatic rings. The van der Waals surface area contributed by atoms with Crippen molar-refractivity contribution in [3.8, 4) is 0 Å². The van der Waals surface area contributed by atoms with Gasteiger partial charge in [0.1, 0.15) is 11.9 Å². The summed E-state index contributed by atoms with van der Waals surface area (Å²) >= 11 is 0. The molecule has 0 aromatic heterocycles. The summed E-state index contributed by atoms with van der Waals surface area (Å²) < 4.78 is 13.5. The first-order valence-corrected chi connectivity index (χ1v) is 12.8. The van der Waals surface area contributed by atoms with Crippen LogP contribution in [0.3, 0.4) is 0 Å². The van der Waals surface area contributed by atoms with E-state index >= 15 is 0 Å². The van der Waals surface area contributed by atoms with Crippen LogP contribution in [0.1, 0.15) is 61.8 Å². The predicted molar refractivity (Wildman–Crippen MR) is 143 cm³/mol. The lowest BCUT2D eigenvalue weighted by Gasteiger charge is -2.31. The smallest absolute Gasteiger partial charge is 0.243 e. The van der Waals surface area contributed by atoms with Gasteiger partial charge in [-0.1, -0.05) is 87.5 Å². The minimum Gasteiger partial charge on any atom is -0.354 e. The minimum atomic E-state index is -0.667. The van der Waals surface area contributed by atoms with Gasteiger partial charge in [-0.15, -0.1) is 0 Å². The van der Waals surface area contributed by atoms with Crippen molar-refractivity contribution in [2.24, 2.45) is 0 Å². The lowest BCUT2D eigenvalue weighted by molar-refractivity contribution is -0.141. The molecule has 0 saturated carbocycles. The molecule has 0 spiro atoms. The minimum absolute atomic E-state index is 0.0974. The highest BCUT2D eigenvalue weighted by molar-refractivity contribution is 5.88. The van der Waals surface area contributed by atoms with Crippen LogP contribution in [-0.2, 0) is 29.0 Å². The number of nitrogens with one attached hydrogen (secondary N) is 1. The van der Waals surface area contributed by atoms with Crippen LogP contribution in [0.15, 0.2) is 78.9 Å². The monoisotopic (exact) mass is 488 g/mol. The normalized spacial score (nSPS) is 11.8. The Labute approximate surface area is 214 Å². The standard InChI is InChI=1S/C31H37FN2O2/c1-4-20-33-31(36)29(21-25-8-6-5-7-9-25)34(22-26-12-17-28(32)18-13-26)30(35)19-14-24-10-15-27(16-11-24)23(2)3/h5-13,15-18,23,29H,4,14,19-22H2,1-3H3,(H,33,36)/t29-/m1/s1. The molecule has 1 atom stereocenters. The SMILES string of the molecule is CCCNC(=O)[C@@H](Cc1ccccc1)N(Cc1ccc(F)cc1)C(=O)CCc1ccc(C(C)C)cc1. The third-order valence-corrected chi connectivity index (χ3v) is 6.36. The van der Waals surface area contributed by atoms with Crippen molar-refractivity contribution in [3.63, 3.8) is 0 Å². The first-order valence-electron chi connectivity index (χ1n) is 12.8. The molecule has 2 amide bonds. The maximum atomic E-state index is 13.6. The van der Waals surface area contributed by atoms with E-state index in [9.17, 15) is 14.0 Å². The summed E-state index contributed by atoms with van der Waals surface area (Å²) in [5.41, 5.74) is 4.12. The number of amides is 2. The van der Waals surface area contributed by atoms with E-state index in [0.717, 1.165) is 23.1 Å². The number of carbonyl (C=O) groups excluding carboxylic acids is 2. The third-order valence-electron chi connectivity index (χ3n) is 6.36. The molecule has 190 valence electrons. The molecular weight excluding hydrogens is 451 g/mol. The Hall–Kier alpha value is -3.47. The molecule has 3 rings (SSSR count). The fourth-order valence-corrected chi connectivity index (χ4v) is 4.17. The molecule has 0 radical (unpaired) electrons. The largest absolute Gasteiger partial charge is 0.354 e. The third kappa shape index (κ3) is 8.04. The van der Waals surface area contributed by atoms with Gasteiger partial charge >= 0.3 is 0 Å². The highest BCUT2D eigenvalue weighted by Gasteiger charge is 2.30. The average molecular weight is 489 g/mol. The number of halogens is 1. The van der Waals surface area contributed by atoms with Gasteiger partial charge in [0.2, 0.25) is 11.8 Å². The van der Waals surface area contributed by atoms with Crippen LogP contribution >= 0.6 is 0 Å². The number of carbonyl (C=O) groups is 2.